The minimum absolute atomic E-state index is 0.0437. The van der Waals surface area contributed by atoms with E-state index in [0.29, 0.717) is 17.9 Å². The molecule has 0 spiro atoms. The maximum Gasteiger partial charge on any atom is 0.131 e. The van der Waals surface area contributed by atoms with Gasteiger partial charge in [-0.15, -0.1) is 0 Å². The third-order valence-corrected chi connectivity index (χ3v) is 3.46. The van der Waals surface area contributed by atoms with Crippen LogP contribution in [-0.2, 0) is 12.0 Å². The second-order valence-corrected chi connectivity index (χ2v) is 6.11. The van der Waals surface area contributed by atoms with Crippen molar-refractivity contribution < 1.29 is 9.13 Å². The molecule has 0 saturated heterocycles. The molecule has 2 aromatic rings. The van der Waals surface area contributed by atoms with Gasteiger partial charge in [0.15, 0.2) is 0 Å². The molecule has 0 aromatic heterocycles. The quantitative estimate of drug-likeness (QED) is 0.876. The molecule has 0 aliphatic heterocycles. The van der Waals surface area contributed by atoms with Gasteiger partial charge in [-0.1, -0.05) is 45.0 Å². The predicted octanol–water partition coefficient (Wildman–Crippen LogP) is 4.74. The van der Waals surface area contributed by atoms with Gasteiger partial charge in [-0.2, -0.15) is 0 Å². The van der Waals surface area contributed by atoms with Crippen LogP contribution in [0.1, 0.15) is 31.9 Å². The number of ether oxygens (including phenoxy) is 1. The third-order valence-electron chi connectivity index (χ3n) is 3.46. The minimum Gasteiger partial charge on any atom is -0.497 e. The first-order valence-electron chi connectivity index (χ1n) is 7.07. The molecular formula is C18H22FNO. The lowest BCUT2D eigenvalue weighted by atomic mass is 9.86. The normalized spacial score (nSPS) is 11.3. The zero-order valence-electron chi connectivity index (χ0n) is 13.0. The average molecular weight is 287 g/mol. The Balaban J connectivity index is 2.17. The molecule has 0 unspecified atom stereocenters. The number of benzene rings is 2. The van der Waals surface area contributed by atoms with Crippen molar-refractivity contribution in [3.8, 4) is 5.75 Å². The maximum absolute atomic E-state index is 14.0. The minimum atomic E-state index is -0.255. The van der Waals surface area contributed by atoms with E-state index >= 15 is 0 Å². The lowest BCUT2D eigenvalue weighted by Gasteiger charge is -2.23. The maximum atomic E-state index is 14.0. The van der Waals surface area contributed by atoms with Crippen LogP contribution in [0.3, 0.4) is 0 Å². The number of methoxy groups -OCH3 is 1. The molecule has 112 valence electrons. The summed E-state index contributed by atoms with van der Waals surface area (Å²) in [5.41, 5.74) is 2.93. The molecule has 1 N–H and O–H groups in total. The fraction of sp³-hybridized carbons (Fsp3) is 0.333. The van der Waals surface area contributed by atoms with Crippen LogP contribution in [0.4, 0.5) is 10.1 Å². The van der Waals surface area contributed by atoms with Gasteiger partial charge in [-0.25, -0.2) is 4.39 Å². The molecular weight excluding hydrogens is 265 g/mol. The van der Waals surface area contributed by atoms with Crippen LogP contribution in [-0.4, -0.2) is 7.11 Å². The molecule has 0 aliphatic rings. The Morgan fingerprint density at radius 3 is 2.43 bits per heavy atom. The summed E-state index contributed by atoms with van der Waals surface area (Å²) in [6.07, 6.45) is 0. The van der Waals surface area contributed by atoms with Crippen LogP contribution in [0, 0.1) is 5.82 Å². The highest BCUT2D eigenvalue weighted by Crippen LogP contribution is 2.29. The van der Waals surface area contributed by atoms with E-state index in [2.05, 4.69) is 32.2 Å². The summed E-state index contributed by atoms with van der Waals surface area (Å²) in [5, 5.41) is 3.33. The molecule has 0 heterocycles. The van der Waals surface area contributed by atoms with Crippen LogP contribution >= 0.6 is 0 Å². The van der Waals surface area contributed by atoms with Crippen LogP contribution in [0.25, 0.3) is 0 Å². The van der Waals surface area contributed by atoms with Gasteiger partial charge in [0.05, 0.1) is 7.11 Å². The van der Waals surface area contributed by atoms with Crippen molar-refractivity contribution in [2.24, 2.45) is 0 Å². The molecule has 0 fully saturated rings. The molecule has 2 nitrogen and oxygen atoms in total. The second kappa shape index (κ2) is 6.17. The molecule has 2 rings (SSSR count). The number of rotatable bonds is 4. The molecule has 21 heavy (non-hydrogen) atoms. The van der Waals surface area contributed by atoms with Gasteiger partial charge in [0.25, 0.3) is 0 Å². The van der Waals surface area contributed by atoms with Gasteiger partial charge >= 0.3 is 0 Å². The highest BCUT2D eigenvalue weighted by Gasteiger charge is 2.17. The Morgan fingerprint density at radius 2 is 1.81 bits per heavy atom. The average Bonchev–Trinajstić information content (AvgIpc) is 2.45. The number of hydrogen-bond acceptors (Lipinski definition) is 2. The molecule has 3 heteroatoms. The Bertz CT molecular complexity index is 617. The van der Waals surface area contributed by atoms with E-state index in [-0.39, 0.29) is 11.2 Å². The lowest BCUT2D eigenvalue weighted by Crippen LogP contribution is -2.15. The Kier molecular flexibility index (Phi) is 4.51. The number of hydrogen-bond donors (Lipinski definition) is 1. The van der Waals surface area contributed by atoms with Crippen molar-refractivity contribution in [1.29, 1.82) is 0 Å². The molecule has 2 aromatic carbocycles. The van der Waals surface area contributed by atoms with Gasteiger partial charge in [0, 0.05) is 23.9 Å². The van der Waals surface area contributed by atoms with Crippen molar-refractivity contribution in [2.75, 3.05) is 12.4 Å². The van der Waals surface area contributed by atoms with Crippen molar-refractivity contribution in [1.82, 2.24) is 0 Å². The Morgan fingerprint density at radius 1 is 1.10 bits per heavy atom. The second-order valence-electron chi connectivity index (χ2n) is 6.11. The van der Waals surface area contributed by atoms with Crippen LogP contribution in [0.15, 0.2) is 42.5 Å². The van der Waals surface area contributed by atoms with E-state index in [1.807, 2.05) is 18.2 Å². The van der Waals surface area contributed by atoms with Crippen molar-refractivity contribution in [3.63, 3.8) is 0 Å². The van der Waals surface area contributed by atoms with Crippen molar-refractivity contribution in [3.05, 3.63) is 59.4 Å². The predicted molar refractivity (Wildman–Crippen MR) is 85.4 cm³/mol. The first-order chi connectivity index (χ1) is 9.91. The van der Waals surface area contributed by atoms with Crippen molar-refractivity contribution in [2.45, 2.75) is 32.7 Å². The number of nitrogens with one attached hydrogen (secondary N) is 1. The smallest absolute Gasteiger partial charge is 0.131 e. The topological polar surface area (TPSA) is 21.3 Å². The summed E-state index contributed by atoms with van der Waals surface area (Å²) in [6, 6.07) is 13.1. The molecule has 0 bridgehead atoms. The van der Waals surface area contributed by atoms with Crippen LogP contribution < -0.4 is 10.1 Å². The van der Waals surface area contributed by atoms with E-state index in [1.165, 1.54) is 18.7 Å². The van der Waals surface area contributed by atoms with Crippen LogP contribution in [0.5, 0.6) is 5.75 Å². The van der Waals surface area contributed by atoms with Crippen molar-refractivity contribution >= 4 is 5.69 Å². The number of anilines is 1. The van der Waals surface area contributed by atoms with Gasteiger partial charge in [-0.05, 0) is 23.1 Å². The fourth-order valence-electron chi connectivity index (χ4n) is 2.28. The van der Waals surface area contributed by atoms with Gasteiger partial charge in [-0.3, -0.25) is 0 Å². The fourth-order valence-corrected chi connectivity index (χ4v) is 2.28. The molecule has 0 aliphatic carbocycles. The van der Waals surface area contributed by atoms with Gasteiger partial charge < -0.3 is 10.1 Å². The molecule has 0 radical (unpaired) electrons. The molecule has 0 atom stereocenters. The van der Waals surface area contributed by atoms with E-state index in [9.17, 15) is 4.39 Å². The SMILES string of the molecule is COc1ccc(CNc2ccccc2C(C)(C)C)c(F)c1. The Labute approximate surface area is 126 Å². The third kappa shape index (κ3) is 3.75. The summed E-state index contributed by atoms with van der Waals surface area (Å²) in [6.45, 7) is 6.95. The summed E-state index contributed by atoms with van der Waals surface area (Å²) in [5.74, 6) is 0.279. The first-order valence-corrected chi connectivity index (χ1v) is 7.07. The number of halogens is 1. The first kappa shape index (κ1) is 15.4. The summed E-state index contributed by atoms with van der Waals surface area (Å²) in [4.78, 5) is 0. The lowest BCUT2D eigenvalue weighted by molar-refractivity contribution is 0.411. The van der Waals surface area contributed by atoms with Gasteiger partial charge in [0.1, 0.15) is 11.6 Å². The zero-order valence-corrected chi connectivity index (χ0v) is 13.0. The summed E-state index contributed by atoms with van der Waals surface area (Å²) < 4.78 is 19.0. The van der Waals surface area contributed by atoms with E-state index in [0.717, 1.165) is 5.69 Å². The highest BCUT2D eigenvalue weighted by atomic mass is 19.1. The monoisotopic (exact) mass is 287 g/mol. The largest absolute Gasteiger partial charge is 0.497 e. The zero-order chi connectivity index (χ0) is 15.5. The summed E-state index contributed by atoms with van der Waals surface area (Å²) in [7, 11) is 1.53. The summed E-state index contributed by atoms with van der Waals surface area (Å²) >= 11 is 0. The van der Waals surface area contributed by atoms with E-state index in [4.69, 9.17) is 4.74 Å². The Hall–Kier alpha value is -2.03. The highest BCUT2D eigenvalue weighted by molar-refractivity contribution is 5.54. The van der Waals surface area contributed by atoms with E-state index in [1.54, 1.807) is 12.1 Å². The number of para-hydroxylation sites is 1. The van der Waals surface area contributed by atoms with Crippen LogP contribution in [0.2, 0.25) is 0 Å². The van der Waals surface area contributed by atoms with E-state index < -0.39 is 0 Å². The standard InChI is InChI=1S/C18H22FNO/c1-18(2,3)15-7-5-6-8-17(15)20-12-13-9-10-14(21-4)11-16(13)19/h5-11,20H,12H2,1-4H3. The molecule has 0 amide bonds. The van der Waals surface area contributed by atoms with Gasteiger partial charge in [0.2, 0.25) is 0 Å². The molecule has 0 saturated carbocycles.